The quantitative estimate of drug-likeness (QED) is 0.668. The fourth-order valence-corrected chi connectivity index (χ4v) is 2.66. The van der Waals surface area contributed by atoms with Crippen molar-refractivity contribution in [1.29, 1.82) is 5.26 Å². The molecule has 0 amide bonds. The molecule has 5 heteroatoms. The van der Waals surface area contributed by atoms with Crippen LogP contribution in [0.3, 0.4) is 0 Å². The Morgan fingerprint density at radius 1 is 1.26 bits per heavy atom. The molecule has 3 aromatic rings. The van der Waals surface area contributed by atoms with Crippen molar-refractivity contribution >= 4 is 33.6 Å². The highest BCUT2D eigenvalue weighted by molar-refractivity contribution is 14.1. The van der Waals surface area contributed by atoms with Gasteiger partial charge in [-0.1, -0.05) is 6.07 Å². The number of imidazole rings is 1. The van der Waals surface area contributed by atoms with Crippen LogP contribution in [0, 0.1) is 20.7 Å². The summed E-state index contributed by atoms with van der Waals surface area (Å²) in [5, 5.41) is 9.05. The molecule has 0 unspecified atom stereocenters. The van der Waals surface area contributed by atoms with E-state index in [0.29, 0.717) is 16.9 Å². The predicted molar refractivity (Wildman–Crippen MR) is 78.9 cm³/mol. The largest absolute Gasteiger partial charge is 0.338 e. The van der Waals surface area contributed by atoms with E-state index in [0.717, 1.165) is 14.7 Å². The Balaban J connectivity index is 2.24. The maximum atomic E-state index is 13.1. The normalized spacial score (nSPS) is 10.6. The van der Waals surface area contributed by atoms with E-state index in [1.807, 2.05) is 6.07 Å². The van der Waals surface area contributed by atoms with Crippen molar-refractivity contribution in [3.63, 3.8) is 0 Å². The van der Waals surface area contributed by atoms with Crippen molar-refractivity contribution in [2.45, 2.75) is 0 Å². The summed E-state index contributed by atoms with van der Waals surface area (Å²) in [7, 11) is 0. The molecule has 1 N–H and O–H groups in total. The zero-order valence-electron chi connectivity index (χ0n) is 9.61. The first-order chi connectivity index (χ1) is 9.19. The van der Waals surface area contributed by atoms with Crippen LogP contribution < -0.4 is 0 Å². The Morgan fingerprint density at radius 2 is 2.11 bits per heavy atom. The first kappa shape index (κ1) is 12.1. The molecular weight excluding hydrogens is 356 g/mol. The number of aromatic nitrogens is 2. The summed E-state index contributed by atoms with van der Waals surface area (Å²) in [5.74, 6) is 0.365. The van der Waals surface area contributed by atoms with E-state index in [1.165, 1.54) is 12.1 Å². The summed E-state index contributed by atoms with van der Waals surface area (Å²) in [5.41, 5.74) is 2.79. The minimum absolute atomic E-state index is 0.276. The van der Waals surface area contributed by atoms with E-state index in [2.05, 4.69) is 38.6 Å². The number of nitrogens with one attached hydrogen (secondary N) is 1. The van der Waals surface area contributed by atoms with E-state index in [9.17, 15) is 4.39 Å². The number of benzene rings is 2. The first-order valence-electron chi connectivity index (χ1n) is 5.53. The van der Waals surface area contributed by atoms with E-state index in [1.54, 1.807) is 18.2 Å². The zero-order valence-corrected chi connectivity index (χ0v) is 11.8. The SMILES string of the molecule is N#Cc1cccc2[nH]c(-c3ccc(F)cc3I)nc12. The number of fused-ring (bicyclic) bond motifs is 1. The number of nitriles is 1. The molecule has 0 spiro atoms. The average Bonchev–Trinajstić information content (AvgIpc) is 2.81. The van der Waals surface area contributed by atoms with Crippen molar-refractivity contribution < 1.29 is 4.39 Å². The minimum Gasteiger partial charge on any atom is -0.338 e. The highest BCUT2D eigenvalue weighted by Crippen LogP contribution is 2.26. The van der Waals surface area contributed by atoms with Gasteiger partial charge < -0.3 is 4.98 Å². The Bertz CT molecular complexity index is 817. The number of halogens is 2. The number of H-pyrrole nitrogens is 1. The lowest BCUT2D eigenvalue weighted by atomic mass is 10.2. The molecule has 0 fully saturated rings. The lowest BCUT2D eigenvalue weighted by Gasteiger charge is -2.00. The van der Waals surface area contributed by atoms with Crippen LogP contribution in [0.1, 0.15) is 5.56 Å². The summed E-state index contributed by atoms with van der Waals surface area (Å²) in [6, 6.07) is 12.0. The van der Waals surface area contributed by atoms with Gasteiger partial charge in [-0.3, -0.25) is 0 Å². The van der Waals surface area contributed by atoms with Crippen LogP contribution in [0.4, 0.5) is 4.39 Å². The van der Waals surface area contributed by atoms with Crippen molar-refractivity contribution in [1.82, 2.24) is 9.97 Å². The fourth-order valence-electron chi connectivity index (χ4n) is 1.93. The Morgan fingerprint density at radius 3 is 2.84 bits per heavy atom. The van der Waals surface area contributed by atoms with Crippen LogP contribution in [0.25, 0.3) is 22.4 Å². The molecule has 3 rings (SSSR count). The molecule has 0 saturated carbocycles. The van der Waals surface area contributed by atoms with Crippen LogP contribution in [0.2, 0.25) is 0 Å². The Hall–Kier alpha value is -1.94. The third kappa shape index (κ3) is 2.08. The van der Waals surface area contributed by atoms with Gasteiger partial charge in [-0.05, 0) is 52.9 Å². The lowest BCUT2D eigenvalue weighted by Crippen LogP contribution is -1.86. The summed E-state index contributed by atoms with van der Waals surface area (Å²) in [6.07, 6.45) is 0. The molecule has 1 heterocycles. The van der Waals surface area contributed by atoms with Gasteiger partial charge in [0, 0.05) is 9.13 Å². The van der Waals surface area contributed by atoms with Crippen molar-refractivity contribution in [3.05, 3.63) is 51.3 Å². The van der Waals surface area contributed by atoms with Crippen molar-refractivity contribution in [2.24, 2.45) is 0 Å². The summed E-state index contributed by atoms with van der Waals surface area (Å²) in [4.78, 5) is 7.60. The summed E-state index contributed by atoms with van der Waals surface area (Å²) >= 11 is 2.07. The number of rotatable bonds is 1. The molecule has 19 heavy (non-hydrogen) atoms. The molecule has 92 valence electrons. The molecule has 0 atom stereocenters. The lowest BCUT2D eigenvalue weighted by molar-refractivity contribution is 0.627. The second kappa shape index (κ2) is 4.63. The molecule has 0 bridgehead atoms. The smallest absolute Gasteiger partial charge is 0.139 e. The van der Waals surface area contributed by atoms with Gasteiger partial charge in [-0.15, -0.1) is 0 Å². The second-order valence-electron chi connectivity index (χ2n) is 4.02. The zero-order chi connectivity index (χ0) is 13.4. The molecule has 1 aromatic heterocycles. The maximum Gasteiger partial charge on any atom is 0.139 e. The van der Waals surface area contributed by atoms with Crippen LogP contribution in [-0.4, -0.2) is 9.97 Å². The second-order valence-corrected chi connectivity index (χ2v) is 5.19. The monoisotopic (exact) mass is 363 g/mol. The van der Waals surface area contributed by atoms with Gasteiger partial charge in [0.05, 0.1) is 11.1 Å². The van der Waals surface area contributed by atoms with E-state index in [4.69, 9.17) is 5.26 Å². The van der Waals surface area contributed by atoms with E-state index < -0.39 is 0 Å². The standard InChI is InChI=1S/C14H7FIN3/c15-9-4-5-10(11(16)6-9)14-18-12-3-1-2-8(7-17)13(12)19-14/h1-6H,(H,18,19). The maximum absolute atomic E-state index is 13.1. The molecule has 2 aromatic carbocycles. The Labute approximate surface area is 122 Å². The number of hydrogen-bond donors (Lipinski definition) is 1. The number of aromatic amines is 1. The van der Waals surface area contributed by atoms with Gasteiger partial charge >= 0.3 is 0 Å². The molecule has 0 aliphatic carbocycles. The van der Waals surface area contributed by atoms with Crippen molar-refractivity contribution in [3.8, 4) is 17.5 Å². The third-order valence-corrected chi connectivity index (χ3v) is 3.71. The third-order valence-electron chi connectivity index (χ3n) is 2.82. The molecule has 0 aliphatic heterocycles. The van der Waals surface area contributed by atoms with Crippen LogP contribution in [0.5, 0.6) is 0 Å². The van der Waals surface area contributed by atoms with Gasteiger partial charge in [-0.25, -0.2) is 9.37 Å². The van der Waals surface area contributed by atoms with Gasteiger partial charge in [-0.2, -0.15) is 5.26 Å². The number of nitrogens with zero attached hydrogens (tertiary/aromatic N) is 2. The van der Waals surface area contributed by atoms with E-state index in [-0.39, 0.29) is 5.82 Å². The minimum atomic E-state index is -0.276. The number of para-hydroxylation sites is 1. The predicted octanol–water partition coefficient (Wildman–Crippen LogP) is 3.85. The summed E-state index contributed by atoms with van der Waals surface area (Å²) in [6.45, 7) is 0. The molecule has 3 nitrogen and oxygen atoms in total. The summed E-state index contributed by atoms with van der Waals surface area (Å²) < 4.78 is 13.9. The molecule has 0 saturated heterocycles. The average molecular weight is 363 g/mol. The highest BCUT2D eigenvalue weighted by Gasteiger charge is 2.11. The fraction of sp³-hybridized carbons (Fsp3) is 0. The van der Waals surface area contributed by atoms with Gasteiger partial charge in [0.1, 0.15) is 23.2 Å². The molecular formula is C14H7FIN3. The highest BCUT2D eigenvalue weighted by atomic mass is 127. The van der Waals surface area contributed by atoms with E-state index >= 15 is 0 Å². The van der Waals surface area contributed by atoms with Crippen molar-refractivity contribution in [2.75, 3.05) is 0 Å². The van der Waals surface area contributed by atoms with Gasteiger partial charge in [0.25, 0.3) is 0 Å². The first-order valence-corrected chi connectivity index (χ1v) is 6.61. The number of hydrogen-bond acceptors (Lipinski definition) is 2. The Kier molecular flexibility index (Phi) is 2.95. The van der Waals surface area contributed by atoms with Gasteiger partial charge in [0.15, 0.2) is 0 Å². The molecule has 0 aliphatic rings. The topological polar surface area (TPSA) is 52.5 Å². The van der Waals surface area contributed by atoms with Crippen LogP contribution in [0.15, 0.2) is 36.4 Å². The van der Waals surface area contributed by atoms with Crippen LogP contribution in [-0.2, 0) is 0 Å². The molecule has 0 radical (unpaired) electrons. The van der Waals surface area contributed by atoms with Gasteiger partial charge in [0.2, 0.25) is 0 Å². The van der Waals surface area contributed by atoms with Crippen LogP contribution >= 0.6 is 22.6 Å².